The molecule has 1 heterocycles. The highest BCUT2D eigenvalue weighted by Crippen LogP contribution is 2.17. The van der Waals surface area contributed by atoms with Gasteiger partial charge in [-0.2, -0.15) is 13.4 Å². The van der Waals surface area contributed by atoms with Crippen LogP contribution in [-0.4, -0.2) is 28.2 Å². The number of hydrogen-bond donors (Lipinski definition) is 3. The summed E-state index contributed by atoms with van der Waals surface area (Å²) >= 11 is 4.78. The number of nitrogens with one attached hydrogen (secondary N) is 2. The second-order valence-corrected chi connectivity index (χ2v) is 4.82. The zero-order valence-electron chi connectivity index (χ0n) is 7.84. The number of aromatic nitrogens is 3. The average Bonchev–Trinajstić information content (AvgIpc) is 2.64. The fourth-order valence-electron chi connectivity index (χ4n) is 1.19. The van der Waals surface area contributed by atoms with Crippen molar-refractivity contribution in [3.8, 4) is 11.4 Å². The fraction of sp³-hybridized carbons (Fsp3) is 0. The molecule has 0 unspecified atom stereocenters. The average molecular weight is 257 g/mol. The molecule has 16 heavy (non-hydrogen) atoms. The van der Waals surface area contributed by atoms with Gasteiger partial charge in [0.2, 0.25) is 4.77 Å². The third kappa shape index (κ3) is 2.18. The zero-order valence-corrected chi connectivity index (χ0v) is 9.47. The predicted molar refractivity (Wildman–Crippen MR) is 59.0 cm³/mol. The monoisotopic (exact) mass is 257 g/mol. The first-order valence-electron chi connectivity index (χ1n) is 4.19. The second-order valence-electron chi connectivity index (χ2n) is 3.02. The van der Waals surface area contributed by atoms with Crippen molar-refractivity contribution >= 4 is 22.3 Å². The second kappa shape index (κ2) is 3.81. The minimum Gasteiger partial charge on any atom is -0.282 e. The highest BCUT2D eigenvalue weighted by atomic mass is 32.2. The van der Waals surface area contributed by atoms with Gasteiger partial charge in [0.1, 0.15) is 0 Å². The van der Waals surface area contributed by atoms with Crippen LogP contribution < -0.4 is 0 Å². The predicted octanol–water partition coefficient (Wildman–Crippen LogP) is 1.38. The van der Waals surface area contributed by atoms with Crippen LogP contribution in [0.2, 0.25) is 0 Å². The molecule has 0 spiro atoms. The Labute approximate surface area is 96.1 Å². The number of hydrogen-bond acceptors (Lipinski definition) is 4. The van der Waals surface area contributed by atoms with E-state index >= 15 is 0 Å². The van der Waals surface area contributed by atoms with Crippen LogP contribution in [0.4, 0.5) is 0 Å². The molecular weight excluding hydrogens is 250 g/mol. The van der Waals surface area contributed by atoms with Crippen LogP contribution in [0.5, 0.6) is 0 Å². The molecule has 0 radical (unpaired) electrons. The lowest BCUT2D eigenvalue weighted by Gasteiger charge is -1.98. The summed E-state index contributed by atoms with van der Waals surface area (Å²) in [5, 5.41) is 5.35. The van der Waals surface area contributed by atoms with E-state index in [1.54, 1.807) is 0 Å². The molecule has 1 aromatic heterocycles. The van der Waals surface area contributed by atoms with Crippen LogP contribution >= 0.6 is 12.2 Å². The molecule has 0 bridgehead atoms. The minimum absolute atomic E-state index is 0.162. The summed E-state index contributed by atoms with van der Waals surface area (Å²) in [6.45, 7) is 0. The number of nitrogens with zero attached hydrogens (tertiary/aromatic N) is 1. The Morgan fingerprint density at radius 3 is 2.25 bits per heavy atom. The van der Waals surface area contributed by atoms with E-state index in [2.05, 4.69) is 15.2 Å². The summed E-state index contributed by atoms with van der Waals surface area (Å²) in [4.78, 5) is 3.80. The van der Waals surface area contributed by atoms with Crippen molar-refractivity contribution in [1.82, 2.24) is 15.2 Å². The summed E-state index contributed by atoms with van der Waals surface area (Å²) in [5.41, 5.74) is 0.666. The van der Waals surface area contributed by atoms with Gasteiger partial charge < -0.3 is 0 Å². The fourth-order valence-corrected chi connectivity index (χ4v) is 1.81. The van der Waals surface area contributed by atoms with E-state index in [0.29, 0.717) is 16.2 Å². The molecule has 3 N–H and O–H groups in total. The molecule has 0 aliphatic carbocycles. The highest BCUT2D eigenvalue weighted by molar-refractivity contribution is 7.85. The summed E-state index contributed by atoms with van der Waals surface area (Å²) < 4.78 is 30.7. The molecule has 0 saturated heterocycles. The van der Waals surface area contributed by atoms with E-state index in [1.807, 2.05) is 0 Å². The summed E-state index contributed by atoms with van der Waals surface area (Å²) in [6, 6.07) is 5.61. The topological polar surface area (TPSA) is 98.8 Å². The minimum atomic E-state index is -4.16. The Morgan fingerprint density at radius 1 is 1.19 bits per heavy atom. The first-order chi connectivity index (χ1) is 7.47. The number of benzene rings is 1. The van der Waals surface area contributed by atoms with Gasteiger partial charge in [-0.25, -0.2) is 0 Å². The van der Waals surface area contributed by atoms with Crippen molar-refractivity contribution in [3.63, 3.8) is 0 Å². The first-order valence-corrected chi connectivity index (χ1v) is 6.04. The van der Waals surface area contributed by atoms with Gasteiger partial charge in [-0.3, -0.25) is 14.8 Å². The maximum atomic E-state index is 10.8. The SMILES string of the molecule is O=S(=O)(O)c1ccc(-c2nc(=S)[nH][nH]2)cc1. The van der Waals surface area contributed by atoms with Crippen LogP contribution in [0.25, 0.3) is 11.4 Å². The first kappa shape index (κ1) is 11.0. The number of rotatable bonds is 2. The van der Waals surface area contributed by atoms with Crippen LogP contribution in [-0.2, 0) is 10.1 Å². The van der Waals surface area contributed by atoms with Crippen molar-refractivity contribution < 1.29 is 13.0 Å². The van der Waals surface area contributed by atoms with E-state index in [0.717, 1.165) is 0 Å². The molecule has 8 heteroatoms. The molecule has 0 amide bonds. The Balaban J connectivity index is 2.44. The van der Waals surface area contributed by atoms with Gasteiger partial charge in [0.15, 0.2) is 5.82 Å². The van der Waals surface area contributed by atoms with Crippen molar-refractivity contribution in [1.29, 1.82) is 0 Å². The Morgan fingerprint density at radius 2 is 1.81 bits per heavy atom. The third-order valence-corrected chi connectivity index (χ3v) is 2.99. The van der Waals surface area contributed by atoms with Gasteiger partial charge in [0, 0.05) is 5.56 Å². The highest BCUT2D eigenvalue weighted by Gasteiger charge is 2.09. The van der Waals surface area contributed by atoms with Crippen molar-refractivity contribution in [2.45, 2.75) is 4.90 Å². The molecule has 0 aliphatic rings. The summed E-state index contributed by atoms with van der Waals surface area (Å²) in [7, 11) is -4.16. The molecule has 2 aromatic rings. The number of H-pyrrole nitrogens is 2. The lowest BCUT2D eigenvalue weighted by atomic mass is 10.2. The zero-order chi connectivity index (χ0) is 11.8. The molecule has 0 fully saturated rings. The molecule has 84 valence electrons. The maximum absolute atomic E-state index is 10.8. The van der Waals surface area contributed by atoms with Gasteiger partial charge in [0.05, 0.1) is 4.90 Å². The lowest BCUT2D eigenvalue weighted by Crippen LogP contribution is -1.97. The van der Waals surface area contributed by atoms with Crippen molar-refractivity contribution in [2.75, 3.05) is 0 Å². The van der Waals surface area contributed by atoms with E-state index < -0.39 is 10.1 Å². The Bertz CT molecular complexity index is 654. The van der Waals surface area contributed by atoms with Gasteiger partial charge >= 0.3 is 0 Å². The Kier molecular flexibility index (Phi) is 2.62. The van der Waals surface area contributed by atoms with E-state index in [4.69, 9.17) is 16.8 Å². The normalized spacial score (nSPS) is 11.6. The van der Waals surface area contributed by atoms with Gasteiger partial charge in [0.25, 0.3) is 10.1 Å². The van der Waals surface area contributed by atoms with E-state index in [1.165, 1.54) is 24.3 Å². The molecule has 0 atom stereocenters. The summed E-state index contributed by atoms with van der Waals surface area (Å²) in [6.07, 6.45) is 0. The third-order valence-electron chi connectivity index (χ3n) is 1.93. The molecule has 2 rings (SSSR count). The molecular formula is C8H7N3O3S2. The standard InChI is InChI=1S/C8H7N3O3S2/c12-16(13,14)6-3-1-5(2-4-6)7-9-8(15)11-10-7/h1-4H,(H,12,13,14)(H2,9,10,11,15). The smallest absolute Gasteiger partial charge is 0.282 e. The van der Waals surface area contributed by atoms with E-state index in [-0.39, 0.29) is 4.90 Å². The van der Waals surface area contributed by atoms with Crippen molar-refractivity contribution in [3.05, 3.63) is 29.0 Å². The summed E-state index contributed by atoms with van der Waals surface area (Å²) in [5.74, 6) is 0.506. The largest absolute Gasteiger partial charge is 0.294 e. The van der Waals surface area contributed by atoms with Gasteiger partial charge in [-0.1, -0.05) is 0 Å². The van der Waals surface area contributed by atoms with Crippen LogP contribution in [0.15, 0.2) is 29.2 Å². The van der Waals surface area contributed by atoms with E-state index in [9.17, 15) is 8.42 Å². The maximum Gasteiger partial charge on any atom is 0.294 e. The van der Waals surface area contributed by atoms with Crippen LogP contribution in [0, 0.1) is 4.77 Å². The lowest BCUT2D eigenvalue weighted by molar-refractivity contribution is 0.483. The number of aromatic amines is 2. The van der Waals surface area contributed by atoms with Crippen LogP contribution in [0.3, 0.4) is 0 Å². The molecule has 1 aromatic carbocycles. The van der Waals surface area contributed by atoms with Gasteiger partial charge in [-0.05, 0) is 36.5 Å². The Hall–Kier alpha value is -1.51. The van der Waals surface area contributed by atoms with Crippen molar-refractivity contribution in [2.24, 2.45) is 0 Å². The molecule has 6 nitrogen and oxygen atoms in total. The van der Waals surface area contributed by atoms with Crippen LogP contribution in [0.1, 0.15) is 0 Å². The molecule has 0 saturated carbocycles. The van der Waals surface area contributed by atoms with Gasteiger partial charge in [-0.15, -0.1) is 0 Å². The molecule has 0 aliphatic heterocycles. The quantitative estimate of drug-likeness (QED) is 0.557.